The van der Waals surface area contributed by atoms with Crippen molar-refractivity contribution in [3.8, 4) is 5.75 Å². The highest BCUT2D eigenvalue weighted by Gasteiger charge is 2.16. The molecule has 5 heteroatoms. The molecule has 0 unspecified atom stereocenters. The van der Waals surface area contributed by atoms with Crippen molar-refractivity contribution in [2.45, 2.75) is 39.8 Å². The Morgan fingerprint density at radius 3 is 2.47 bits per heavy atom. The molecule has 1 amide bonds. The zero-order chi connectivity index (χ0) is 21.2. The number of nitrogens with one attached hydrogen (secondary N) is 1. The summed E-state index contributed by atoms with van der Waals surface area (Å²) in [5, 5.41) is 3.00. The lowest BCUT2D eigenvalue weighted by Crippen LogP contribution is -2.32. The van der Waals surface area contributed by atoms with Gasteiger partial charge in [-0.2, -0.15) is 0 Å². The third-order valence-corrected chi connectivity index (χ3v) is 5.58. The molecule has 0 bridgehead atoms. The lowest BCUT2D eigenvalue weighted by molar-refractivity contribution is 0.0934. The van der Waals surface area contributed by atoms with Crippen molar-refractivity contribution in [3.05, 3.63) is 65.2 Å². The number of ether oxygens (including phenoxy) is 2. The number of carbonyl (C=O) groups excluding carboxylic acids is 1. The van der Waals surface area contributed by atoms with Crippen LogP contribution in [-0.2, 0) is 17.8 Å². The van der Waals surface area contributed by atoms with E-state index in [9.17, 15) is 4.79 Å². The fraction of sp³-hybridized carbons (Fsp3) is 0.480. The Bertz CT molecular complexity index is 783. The van der Waals surface area contributed by atoms with E-state index in [1.165, 1.54) is 31.5 Å². The average Bonchev–Trinajstić information content (AvgIpc) is 2.78. The van der Waals surface area contributed by atoms with Crippen molar-refractivity contribution < 1.29 is 14.3 Å². The van der Waals surface area contributed by atoms with Crippen LogP contribution in [0.25, 0.3) is 0 Å². The zero-order valence-corrected chi connectivity index (χ0v) is 18.2. The standard InChI is InChI=1S/C25H34N2O3/c1-3-29-16-17-30-24-7-5-4-6-23(24)25(28)26-18-21-8-10-22(11-9-21)19-27-14-12-20(2)13-15-27/h4-11,20H,3,12-19H2,1-2H3,(H,26,28). The summed E-state index contributed by atoms with van der Waals surface area (Å²) >= 11 is 0. The van der Waals surface area contributed by atoms with Gasteiger partial charge in [0, 0.05) is 19.7 Å². The monoisotopic (exact) mass is 410 g/mol. The Hall–Kier alpha value is -2.37. The molecule has 3 rings (SSSR count). The van der Waals surface area contributed by atoms with Gasteiger partial charge in [-0.3, -0.25) is 9.69 Å². The van der Waals surface area contributed by atoms with Crippen LogP contribution in [0, 0.1) is 5.92 Å². The van der Waals surface area contributed by atoms with Gasteiger partial charge in [0.25, 0.3) is 5.91 Å². The van der Waals surface area contributed by atoms with Gasteiger partial charge in [-0.1, -0.05) is 43.3 Å². The molecular formula is C25H34N2O3. The van der Waals surface area contributed by atoms with E-state index in [0.29, 0.717) is 37.7 Å². The van der Waals surface area contributed by atoms with Gasteiger partial charge in [0.2, 0.25) is 0 Å². The summed E-state index contributed by atoms with van der Waals surface area (Å²) in [7, 11) is 0. The highest BCUT2D eigenvalue weighted by molar-refractivity contribution is 5.96. The second kappa shape index (κ2) is 11.7. The molecule has 0 radical (unpaired) electrons. The van der Waals surface area contributed by atoms with E-state index in [0.717, 1.165) is 18.0 Å². The Labute approximate surface area is 180 Å². The third kappa shape index (κ3) is 6.85. The largest absolute Gasteiger partial charge is 0.490 e. The van der Waals surface area contributed by atoms with Crippen LogP contribution in [-0.4, -0.2) is 43.7 Å². The van der Waals surface area contributed by atoms with Gasteiger partial charge in [0.05, 0.1) is 12.2 Å². The molecule has 1 heterocycles. The molecule has 0 aromatic heterocycles. The number of para-hydroxylation sites is 1. The molecule has 162 valence electrons. The molecule has 1 N–H and O–H groups in total. The Morgan fingerprint density at radius 1 is 1.03 bits per heavy atom. The van der Waals surface area contributed by atoms with Crippen molar-refractivity contribution in [3.63, 3.8) is 0 Å². The van der Waals surface area contributed by atoms with Crippen LogP contribution in [0.4, 0.5) is 0 Å². The number of piperidine rings is 1. The third-order valence-electron chi connectivity index (χ3n) is 5.58. The van der Waals surface area contributed by atoms with Gasteiger partial charge in [0.15, 0.2) is 0 Å². The molecule has 1 saturated heterocycles. The van der Waals surface area contributed by atoms with Crippen molar-refractivity contribution in [1.82, 2.24) is 10.2 Å². The Kier molecular flexibility index (Phi) is 8.72. The lowest BCUT2D eigenvalue weighted by Gasteiger charge is -2.30. The van der Waals surface area contributed by atoms with Crippen molar-refractivity contribution in [1.29, 1.82) is 0 Å². The minimum Gasteiger partial charge on any atom is -0.490 e. The van der Waals surface area contributed by atoms with Crippen LogP contribution >= 0.6 is 0 Å². The number of nitrogens with zero attached hydrogens (tertiary/aromatic N) is 1. The molecule has 0 aliphatic carbocycles. The molecular weight excluding hydrogens is 376 g/mol. The van der Waals surface area contributed by atoms with E-state index in [4.69, 9.17) is 9.47 Å². The highest BCUT2D eigenvalue weighted by atomic mass is 16.5. The smallest absolute Gasteiger partial charge is 0.255 e. The molecule has 5 nitrogen and oxygen atoms in total. The number of rotatable bonds is 10. The van der Waals surface area contributed by atoms with Crippen LogP contribution in [0.3, 0.4) is 0 Å². The quantitative estimate of drug-likeness (QED) is 0.595. The molecule has 0 saturated carbocycles. The normalized spacial score (nSPS) is 15.1. The van der Waals surface area contributed by atoms with Crippen LogP contribution in [0.1, 0.15) is 48.2 Å². The first kappa shape index (κ1) is 22.3. The first-order chi connectivity index (χ1) is 14.7. The number of hydrogen-bond acceptors (Lipinski definition) is 4. The van der Waals surface area contributed by atoms with E-state index in [-0.39, 0.29) is 5.91 Å². The maximum Gasteiger partial charge on any atom is 0.255 e. The summed E-state index contributed by atoms with van der Waals surface area (Å²) in [4.78, 5) is 15.2. The predicted octanol–water partition coefficient (Wildman–Crippen LogP) is 4.26. The summed E-state index contributed by atoms with van der Waals surface area (Å²) < 4.78 is 11.0. The first-order valence-corrected chi connectivity index (χ1v) is 11.0. The van der Waals surface area contributed by atoms with Crippen LogP contribution in [0.5, 0.6) is 5.75 Å². The maximum atomic E-state index is 12.7. The van der Waals surface area contributed by atoms with Gasteiger partial charge in [-0.15, -0.1) is 0 Å². The molecule has 1 aliphatic heterocycles. The maximum absolute atomic E-state index is 12.7. The number of hydrogen-bond donors (Lipinski definition) is 1. The SMILES string of the molecule is CCOCCOc1ccccc1C(=O)NCc1ccc(CN2CCC(C)CC2)cc1. The second-order valence-corrected chi connectivity index (χ2v) is 8.00. The van der Waals surface area contributed by atoms with Gasteiger partial charge in [0.1, 0.15) is 12.4 Å². The molecule has 0 atom stereocenters. The van der Waals surface area contributed by atoms with Crippen molar-refractivity contribution in [2.24, 2.45) is 5.92 Å². The summed E-state index contributed by atoms with van der Waals surface area (Å²) in [5.41, 5.74) is 2.96. The summed E-state index contributed by atoms with van der Waals surface area (Å²) in [5.74, 6) is 1.31. The van der Waals surface area contributed by atoms with Gasteiger partial charge in [-0.05, 0) is 62.0 Å². The Balaban J connectivity index is 1.49. The van der Waals surface area contributed by atoms with Gasteiger partial charge in [-0.25, -0.2) is 0 Å². The van der Waals surface area contributed by atoms with E-state index >= 15 is 0 Å². The topological polar surface area (TPSA) is 50.8 Å². The highest BCUT2D eigenvalue weighted by Crippen LogP contribution is 2.19. The molecule has 1 aliphatic rings. The average molecular weight is 411 g/mol. The second-order valence-electron chi connectivity index (χ2n) is 8.00. The van der Waals surface area contributed by atoms with E-state index in [1.54, 1.807) is 6.07 Å². The minimum atomic E-state index is -0.131. The summed E-state index contributed by atoms with van der Waals surface area (Å²) in [6.07, 6.45) is 2.59. The lowest BCUT2D eigenvalue weighted by atomic mass is 9.99. The molecule has 30 heavy (non-hydrogen) atoms. The van der Waals surface area contributed by atoms with Crippen LogP contribution < -0.4 is 10.1 Å². The van der Waals surface area contributed by atoms with Gasteiger partial charge >= 0.3 is 0 Å². The van der Waals surface area contributed by atoms with Crippen molar-refractivity contribution >= 4 is 5.91 Å². The number of carbonyl (C=O) groups is 1. The molecule has 0 spiro atoms. The number of amides is 1. The number of likely N-dealkylation sites (tertiary alicyclic amines) is 1. The van der Waals surface area contributed by atoms with Crippen molar-refractivity contribution in [2.75, 3.05) is 32.9 Å². The first-order valence-electron chi connectivity index (χ1n) is 11.0. The fourth-order valence-electron chi connectivity index (χ4n) is 3.65. The van der Waals surface area contributed by atoms with Crippen LogP contribution in [0.2, 0.25) is 0 Å². The van der Waals surface area contributed by atoms with E-state index < -0.39 is 0 Å². The minimum absolute atomic E-state index is 0.131. The predicted molar refractivity (Wildman–Crippen MR) is 120 cm³/mol. The van der Waals surface area contributed by atoms with Gasteiger partial charge < -0.3 is 14.8 Å². The molecule has 2 aromatic rings. The molecule has 2 aromatic carbocycles. The van der Waals surface area contributed by atoms with E-state index in [2.05, 4.69) is 41.4 Å². The Morgan fingerprint density at radius 2 is 1.73 bits per heavy atom. The zero-order valence-electron chi connectivity index (χ0n) is 18.2. The van der Waals surface area contributed by atoms with E-state index in [1.807, 2.05) is 25.1 Å². The molecule has 1 fully saturated rings. The number of benzene rings is 2. The fourth-order valence-corrected chi connectivity index (χ4v) is 3.65. The van der Waals surface area contributed by atoms with Crippen LogP contribution in [0.15, 0.2) is 48.5 Å². The summed E-state index contributed by atoms with van der Waals surface area (Å²) in [6.45, 7) is 9.75. The summed E-state index contributed by atoms with van der Waals surface area (Å²) in [6, 6.07) is 15.9.